The lowest BCUT2D eigenvalue weighted by Crippen LogP contribution is -2.20. The zero-order valence-corrected chi connectivity index (χ0v) is 9.57. The Morgan fingerprint density at radius 1 is 1.06 bits per heavy atom. The van der Waals surface area contributed by atoms with Crippen molar-refractivity contribution in [1.82, 2.24) is 0 Å². The van der Waals surface area contributed by atoms with Crippen LogP contribution in [-0.2, 0) is 0 Å². The molecule has 1 heteroatoms. The number of furan rings is 1. The molecule has 0 radical (unpaired) electrons. The number of hydrogen-bond donors (Lipinski definition) is 0. The van der Waals surface area contributed by atoms with Crippen molar-refractivity contribution in [1.29, 1.82) is 0 Å². The first kappa shape index (κ1) is 12.1. The zero-order chi connectivity index (χ0) is 12.0. The number of hydrogen-bond acceptors (Lipinski definition) is 1. The average Bonchev–Trinajstić information content (AvgIpc) is 2.58. The summed E-state index contributed by atoms with van der Waals surface area (Å²) in [4.78, 5) is 0. The van der Waals surface area contributed by atoms with E-state index in [0.29, 0.717) is 0 Å². The van der Waals surface area contributed by atoms with Gasteiger partial charge in [-0.05, 0) is 19.1 Å². The molecule has 0 amide bonds. The van der Waals surface area contributed by atoms with Crippen molar-refractivity contribution >= 4 is 24.3 Å². The van der Waals surface area contributed by atoms with Crippen LogP contribution < -0.4 is 10.6 Å². The SMILES string of the molecule is C=C/C=c1/c(C=C)c(/C=C\C)o/c1=C/C=C. The third-order valence-corrected chi connectivity index (χ3v) is 2.12. The minimum absolute atomic E-state index is 0.776. The van der Waals surface area contributed by atoms with Gasteiger partial charge in [-0.3, -0.25) is 0 Å². The van der Waals surface area contributed by atoms with Crippen molar-refractivity contribution in [2.75, 3.05) is 0 Å². The second-order valence-electron chi connectivity index (χ2n) is 3.17. The van der Waals surface area contributed by atoms with Crippen molar-refractivity contribution in [2.24, 2.45) is 0 Å². The van der Waals surface area contributed by atoms with E-state index in [-0.39, 0.29) is 0 Å². The summed E-state index contributed by atoms with van der Waals surface area (Å²) >= 11 is 0. The average molecular weight is 212 g/mol. The molecular weight excluding hydrogens is 196 g/mol. The highest BCUT2D eigenvalue weighted by molar-refractivity contribution is 5.63. The lowest BCUT2D eigenvalue weighted by Gasteiger charge is -1.87. The van der Waals surface area contributed by atoms with E-state index >= 15 is 0 Å². The summed E-state index contributed by atoms with van der Waals surface area (Å²) in [6.45, 7) is 13.1. The molecule has 0 aromatic carbocycles. The molecule has 1 heterocycles. The highest BCUT2D eigenvalue weighted by Gasteiger charge is 2.04. The first-order valence-electron chi connectivity index (χ1n) is 5.12. The zero-order valence-electron chi connectivity index (χ0n) is 9.57. The van der Waals surface area contributed by atoms with Crippen LogP contribution in [0.1, 0.15) is 18.2 Å². The molecule has 1 rings (SSSR count). The third-order valence-electron chi connectivity index (χ3n) is 2.12. The van der Waals surface area contributed by atoms with Gasteiger partial charge in [-0.2, -0.15) is 0 Å². The summed E-state index contributed by atoms with van der Waals surface area (Å²) in [6.07, 6.45) is 12.8. The number of rotatable bonds is 4. The van der Waals surface area contributed by atoms with Crippen LogP contribution in [0.15, 0.2) is 42.4 Å². The first-order valence-corrected chi connectivity index (χ1v) is 5.12. The van der Waals surface area contributed by atoms with Gasteiger partial charge >= 0.3 is 0 Å². The monoisotopic (exact) mass is 212 g/mol. The standard InChI is InChI=1S/C15H16O/c1-5-9-13-12(8-4)14(10-6-2)16-15(13)11-7-3/h5-11H,1,3-4H2,2H3/b10-6-,13-9-,15-11+. The van der Waals surface area contributed by atoms with Crippen molar-refractivity contribution in [2.45, 2.75) is 6.92 Å². The fraction of sp³-hybridized carbons (Fsp3) is 0.0667. The largest absolute Gasteiger partial charge is 0.456 e. The Hall–Kier alpha value is -2.02. The van der Waals surface area contributed by atoms with Crippen LogP contribution in [0.5, 0.6) is 0 Å². The molecule has 0 spiro atoms. The van der Waals surface area contributed by atoms with Crippen LogP contribution in [0.25, 0.3) is 24.3 Å². The summed E-state index contributed by atoms with van der Waals surface area (Å²) < 4.78 is 5.71. The summed E-state index contributed by atoms with van der Waals surface area (Å²) in [5, 5.41) is 0.984. The Morgan fingerprint density at radius 2 is 1.75 bits per heavy atom. The smallest absolute Gasteiger partial charge is 0.135 e. The van der Waals surface area contributed by atoms with Gasteiger partial charge in [0.2, 0.25) is 0 Å². The molecule has 16 heavy (non-hydrogen) atoms. The lowest BCUT2D eigenvalue weighted by molar-refractivity contribution is 0.521. The predicted octanol–water partition coefficient (Wildman–Crippen LogP) is 2.89. The van der Waals surface area contributed by atoms with Crippen LogP contribution in [0.4, 0.5) is 0 Å². The summed E-state index contributed by atoms with van der Waals surface area (Å²) in [5.41, 5.74) is 1.75. The van der Waals surface area contributed by atoms with Gasteiger partial charge in [0.1, 0.15) is 11.2 Å². The maximum absolute atomic E-state index is 5.71. The van der Waals surface area contributed by atoms with Crippen LogP contribution in [0.3, 0.4) is 0 Å². The molecule has 82 valence electrons. The second kappa shape index (κ2) is 5.76. The van der Waals surface area contributed by atoms with Gasteiger partial charge in [0.25, 0.3) is 0 Å². The highest BCUT2D eigenvalue weighted by Crippen LogP contribution is 2.06. The van der Waals surface area contributed by atoms with Gasteiger partial charge < -0.3 is 4.42 Å². The molecule has 0 aliphatic rings. The molecule has 1 aromatic heterocycles. The second-order valence-corrected chi connectivity index (χ2v) is 3.17. The summed E-state index contributed by atoms with van der Waals surface area (Å²) in [6, 6.07) is 0. The summed E-state index contributed by atoms with van der Waals surface area (Å²) in [5.74, 6) is 0.804. The van der Waals surface area contributed by atoms with Crippen molar-refractivity contribution in [3.63, 3.8) is 0 Å². The maximum atomic E-state index is 5.71. The molecule has 0 fully saturated rings. The Kier molecular flexibility index (Phi) is 4.34. The van der Waals surface area contributed by atoms with Crippen LogP contribution >= 0.6 is 0 Å². The van der Waals surface area contributed by atoms with Crippen molar-refractivity contribution in [3.05, 3.63) is 59.9 Å². The van der Waals surface area contributed by atoms with Gasteiger partial charge in [0, 0.05) is 10.8 Å². The summed E-state index contributed by atoms with van der Waals surface area (Å²) in [7, 11) is 0. The molecule has 1 nitrogen and oxygen atoms in total. The Labute approximate surface area is 96.1 Å². The maximum Gasteiger partial charge on any atom is 0.135 e. The fourth-order valence-electron chi connectivity index (χ4n) is 1.50. The van der Waals surface area contributed by atoms with Crippen LogP contribution in [0.2, 0.25) is 0 Å². The third kappa shape index (κ3) is 2.31. The van der Waals surface area contributed by atoms with E-state index in [2.05, 4.69) is 19.7 Å². The van der Waals surface area contributed by atoms with E-state index in [1.54, 1.807) is 18.2 Å². The van der Waals surface area contributed by atoms with E-state index in [1.807, 2.05) is 31.2 Å². The van der Waals surface area contributed by atoms with Gasteiger partial charge in [-0.1, -0.05) is 50.1 Å². The fourth-order valence-corrected chi connectivity index (χ4v) is 1.50. The van der Waals surface area contributed by atoms with E-state index in [9.17, 15) is 0 Å². The van der Waals surface area contributed by atoms with E-state index in [1.165, 1.54) is 0 Å². The Balaban J connectivity index is 3.72. The molecule has 0 aliphatic heterocycles. The van der Waals surface area contributed by atoms with Crippen LogP contribution in [-0.4, -0.2) is 0 Å². The molecular formula is C15H16O. The Morgan fingerprint density at radius 3 is 2.25 bits per heavy atom. The molecule has 0 bridgehead atoms. The lowest BCUT2D eigenvalue weighted by atomic mass is 10.1. The van der Waals surface area contributed by atoms with Crippen molar-refractivity contribution < 1.29 is 4.42 Å². The van der Waals surface area contributed by atoms with Gasteiger partial charge in [0.15, 0.2) is 0 Å². The molecule has 1 aromatic rings. The quantitative estimate of drug-likeness (QED) is 0.748. The molecule has 0 saturated carbocycles. The molecule has 0 N–H and O–H groups in total. The van der Waals surface area contributed by atoms with E-state index in [4.69, 9.17) is 4.42 Å². The molecule has 0 aliphatic carbocycles. The van der Waals surface area contributed by atoms with Crippen molar-refractivity contribution in [3.8, 4) is 0 Å². The molecule has 0 atom stereocenters. The number of allylic oxidation sites excluding steroid dienone is 3. The predicted molar refractivity (Wildman–Crippen MR) is 72.1 cm³/mol. The topological polar surface area (TPSA) is 13.1 Å². The Bertz CT molecular complexity index is 539. The molecule has 0 unspecified atom stereocenters. The minimum Gasteiger partial charge on any atom is -0.456 e. The first-order chi connectivity index (χ1) is 7.78. The van der Waals surface area contributed by atoms with Gasteiger partial charge in [0.05, 0.1) is 0 Å². The van der Waals surface area contributed by atoms with Crippen LogP contribution in [0, 0.1) is 0 Å². The minimum atomic E-state index is 0.776. The normalized spacial score (nSPS) is 13.3. The highest BCUT2D eigenvalue weighted by atomic mass is 16.3. The van der Waals surface area contributed by atoms with E-state index in [0.717, 1.165) is 22.0 Å². The van der Waals surface area contributed by atoms with Gasteiger partial charge in [-0.25, -0.2) is 0 Å². The van der Waals surface area contributed by atoms with Gasteiger partial charge in [-0.15, -0.1) is 0 Å². The van der Waals surface area contributed by atoms with E-state index < -0.39 is 0 Å². The molecule has 0 saturated heterocycles.